The van der Waals surface area contributed by atoms with E-state index in [2.05, 4.69) is 35.1 Å². The predicted molar refractivity (Wildman–Crippen MR) is 125 cm³/mol. The van der Waals surface area contributed by atoms with Gasteiger partial charge in [0.05, 0.1) is 16.0 Å². The lowest BCUT2D eigenvalue weighted by Crippen LogP contribution is -2.47. The van der Waals surface area contributed by atoms with Crippen molar-refractivity contribution in [3.8, 4) is 0 Å². The third-order valence-corrected chi connectivity index (χ3v) is 7.07. The number of aliphatic hydroxyl groups is 1. The van der Waals surface area contributed by atoms with E-state index in [-0.39, 0.29) is 5.91 Å². The van der Waals surface area contributed by atoms with Gasteiger partial charge in [0.2, 0.25) is 0 Å². The Morgan fingerprint density at radius 1 is 1.23 bits per heavy atom. The van der Waals surface area contributed by atoms with Crippen molar-refractivity contribution in [3.63, 3.8) is 0 Å². The molecule has 1 aliphatic heterocycles. The van der Waals surface area contributed by atoms with Crippen LogP contribution in [0.3, 0.4) is 0 Å². The second kappa shape index (κ2) is 8.96. The maximum Gasteiger partial charge on any atom is 0.253 e. The molecule has 1 aromatic heterocycles. The largest absolute Gasteiger partial charge is 0.390 e. The number of carbonyl (C=O) groups excluding carboxylic acids is 1. The highest BCUT2D eigenvalue weighted by Gasteiger charge is 2.34. The smallest absolute Gasteiger partial charge is 0.253 e. The van der Waals surface area contributed by atoms with Crippen LogP contribution in [-0.4, -0.2) is 39.0 Å². The Kier molecular flexibility index (Phi) is 6.32. The molecule has 1 amide bonds. The maximum absolute atomic E-state index is 12.9. The molecule has 2 N–H and O–H groups in total. The predicted octanol–water partition coefficient (Wildman–Crippen LogP) is 5.43. The highest BCUT2D eigenvalue weighted by Crippen LogP contribution is 2.31. The van der Waals surface area contributed by atoms with Crippen LogP contribution in [0.5, 0.6) is 0 Å². The number of benzene rings is 2. The van der Waals surface area contributed by atoms with Crippen LogP contribution in [0.2, 0.25) is 0 Å². The number of nitrogens with one attached hydrogen (secondary N) is 1. The van der Waals surface area contributed by atoms with Crippen LogP contribution in [0.1, 0.15) is 43.5 Å². The Labute approximate surface area is 185 Å². The molecule has 0 bridgehead atoms. The topological polar surface area (TPSA) is 65.5 Å². The first-order valence-electron chi connectivity index (χ1n) is 10.3. The lowest BCUT2D eigenvalue weighted by molar-refractivity contribution is -0.0311. The van der Waals surface area contributed by atoms with Crippen LogP contribution in [-0.2, 0) is 0 Å². The summed E-state index contributed by atoms with van der Waals surface area (Å²) in [6.45, 7) is 5.46. The number of piperidine rings is 1. The highest BCUT2D eigenvalue weighted by molar-refractivity contribution is 8.00. The Morgan fingerprint density at radius 2 is 1.97 bits per heavy atom. The van der Waals surface area contributed by atoms with E-state index in [9.17, 15) is 9.90 Å². The summed E-state index contributed by atoms with van der Waals surface area (Å²) < 4.78 is 7.80. The molecule has 0 aliphatic carbocycles. The normalized spacial score (nSPS) is 16.2. The summed E-state index contributed by atoms with van der Waals surface area (Å²) in [7, 11) is 0. The van der Waals surface area contributed by atoms with Gasteiger partial charge in [-0.05, 0) is 79.0 Å². The van der Waals surface area contributed by atoms with E-state index in [4.69, 9.17) is 0 Å². The van der Waals surface area contributed by atoms with Crippen molar-refractivity contribution in [2.24, 2.45) is 5.92 Å². The fraction of sp³-hybridized carbons (Fsp3) is 0.391. The van der Waals surface area contributed by atoms with Gasteiger partial charge in [-0.15, -0.1) is 0 Å². The summed E-state index contributed by atoms with van der Waals surface area (Å²) in [5.74, 6) is 0.491. The number of nitrogens with zero attached hydrogens (tertiary/aromatic N) is 2. The van der Waals surface area contributed by atoms with Crippen molar-refractivity contribution >= 4 is 46.0 Å². The molecule has 158 valence electrons. The van der Waals surface area contributed by atoms with Gasteiger partial charge in [0.25, 0.3) is 5.91 Å². The standard InChI is InChI=1S/C23H27N3O2S2/c1-16(2)14-23(28)10-12-26(13-11-23)22(27)17-6-8-19(9-7-17)24-30-20-5-3-4-18-15-29-25-21(18)20/h3-9,15-16,24,28H,10-14H2,1-2H3. The molecular formula is C23H27N3O2S2. The van der Waals surface area contributed by atoms with Crippen LogP contribution in [0, 0.1) is 5.92 Å². The molecule has 2 heterocycles. The number of amides is 1. The minimum Gasteiger partial charge on any atom is -0.390 e. The van der Waals surface area contributed by atoms with Gasteiger partial charge in [-0.25, -0.2) is 0 Å². The zero-order valence-corrected chi connectivity index (χ0v) is 18.9. The second-order valence-corrected chi connectivity index (χ2v) is 9.88. The number of hydrogen-bond donors (Lipinski definition) is 2. The third-order valence-electron chi connectivity index (χ3n) is 5.53. The van der Waals surface area contributed by atoms with Crippen molar-refractivity contribution in [3.05, 3.63) is 53.4 Å². The number of likely N-dealkylation sites (tertiary alicyclic amines) is 1. The number of rotatable bonds is 6. The fourth-order valence-corrected chi connectivity index (χ4v) is 5.51. The Morgan fingerprint density at radius 3 is 2.67 bits per heavy atom. The molecule has 1 aliphatic rings. The number of fused-ring (bicyclic) bond motifs is 1. The molecular weight excluding hydrogens is 414 g/mol. The van der Waals surface area contributed by atoms with E-state index >= 15 is 0 Å². The van der Waals surface area contributed by atoms with E-state index in [1.807, 2.05) is 40.6 Å². The van der Waals surface area contributed by atoms with Crippen molar-refractivity contribution < 1.29 is 9.90 Å². The van der Waals surface area contributed by atoms with E-state index in [0.29, 0.717) is 37.4 Å². The lowest BCUT2D eigenvalue weighted by atomic mass is 9.84. The number of carbonyl (C=O) groups is 1. The van der Waals surface area contributed by atoms with Crippen molar-refractivity contribution in [1.29, 1.82) is 0 Å². The van der Waals surface area contributed by atoms with Gasteiger partial charge >= 0.3 is 0 Å². The second-order valence-electron chi connectivity index (χ2n) is 8.40. The van der Waals surface area contributed by atoms with E-state index in [1.165, 1.54) is 23.5 Å². The molecule has 30 heavy (non-hydrogen) atoms. The average molecular weight is 442 g/mol. The highest BCUT2D eigenvalue weighted by atomic mass is 32.2. The van der Waals surface area contributed by atoms with Crippen molar-refractivity contribution in [2.75, 3.05) is 17.8 Å². The van der Waals surface area contributed by atoms with E-state index < -0.39 is 5.60 Å². The van der Waals surface area contributed by atoms with Crippen LogP contribution >= 0.6 is 23.5 Å². The Balaban J connectivity index is 1.34. The molecule has 5 nitrogen and oxygen atoms in total. The van der Waals surface area contributed by atoms with Crippen LogP contribution in [0.15, 0.2) is 52.7 Å². The SMILES string of the molecule is CC(C)CC1(O)CCN(C(=O)c2ccc(NSc3cccc4csnc34)cc2)CC1. The molecule has 0 radical (unpaired) electrons. The molecule has 0 saturated carbocycles. The molecule has 3 aromatic rings. The minimum absolute atomic E-state index is 0.0352. The molecule has 4 rings (SSSR count). The number of aromatic nitrogens is 1. The van der Waals surface area contributed by atoms with Gasteiger partial charge in [0.1, 0.15) is 0 Å². The fourth-order valence-electron chi connectivity index (χ4n) is 4.02. The Bertz CT molecular complexity index is 1010. The van der Waals surface area contributed by atoms with Gasteiger partial charge in [0, 0.05) is 35.1 Å². The summed E-state index contributed by atoms with van der Waals surface area (Å²) in [5.41, 5.74) is 2.00. The quantitative estimate of drug-likeness (QED) is 0.500. The first kappa shape index (κ1) is 21.2. The summed E-state index contributed by atoms with van der Waals surface area (Å²) in [4.78, 5) is 15.8. The zero-order chi connectivity index (χ0) is 21.1. The van der Waals surface area contributed by atoms with Gasteiger partial charge < -0.3 is 14.7 Å². The summed E-state index contributed by atoms with van der Waals surface area (Å²) in [6.07, 6.45) is 2.09. The van der Waals surface area contributed by atoms with Crippen molar-refractivity contribution in [1.82, 2.24) is 9.27 Å². The monoisotopic (exact) mass is 441 g/mol. The summed E-state index contributed by atoms with van der Waals surface area (Å²) in [6, 6.07) is 13.7. The number of hydrogen-bond acceptors (Lipinski definition) is 6. The third kappa shape index (κ3) is 4.79. The van der Waals surface area contributed by atoms with Gasteiger partial charge in [-0.3, -0.25) is 4.79 Å². The average Bonchev–Trinajstić information content (AvgIpc) is 3.21. The molecule has 7 heteroatoms. The summed E-state index contributed by atoms with van der Waals surface area (Å²) >= 11 is 2.99. The van der Waals surface area contributed by atoms with Crippen LogP contribution in [0.25, 0.3) is 10.9 Å². The van der Waals surface area contributed by atoms with E-state index in [1.54, 1.807) is 0 Å². The Hall–Kier alpha value is -2.09. The molecule has 2 aromatic carbocycles. The zero-order valence-electron chi connectivity index (χ0n) is 17.3. The molecule has 0 atom stereocenters. The number of anilines is 1. The first-order valence-corrected chi connectivity index (χ1v) is 12.0. The maximum atomic E-state index is 12.9. The van der Waals surface area contributed by atoms with Crippen molar-refractivity contribution in [2.45, 2.75) is 43.6 Å². The summed E-state index contributed by atoms with van der Waals surface area (Å²) in [5, 5.41) is 13.9. The lowest BCUT2D eigenvalue weighted by Gasteiger charge is -2.39. The van der Waals surface area contributed by atoms with Gasteiger partial charge in [-0.1, -0.05) is 26.0 Å². The van der Waals surface area contributed by atoms with E-state index in [0.717, 1.165) is 27.9 Å². The minimum atomic E-state index is -0.629. The van der Waals surface area contributed by atoms with Crippen LogP contribution in [0.4, 0.5) is 5.69 Å². The molecule has 0 unspecified atom stereocenters. The molecule has 1 fully saturated rings. The molecule has 1 saturated heterocycles. The van der Waals surface area contributed by atoms with Crippen LogP contribution < -0.4 is 4.72 Å². The first-order chi connectivity index (χ1) is 14.4. The van der Waals surface area contributed by atoms with Gasteiger partial charge in [0.15, 0.2) is 0 Å². The van der Waals surface area contributed by atoms with Gasteiger partial charge in [-0.2, -0.15) is 4.37 Å². The molecule has 0 spiro atoms.